The Bertz CT molecular complexity index is 378. The van der Waals surface area contributed by atoms with E-state index in [1.165, 1.54) is 21.1 Å². The summed E-state index contributed by atoms with van der Waals surface area (Å²) in [7, 11) is 2.71. The van der Waals surface area contributed by atoms with Crippen LogP contribution >= 0.6 is 0 Å². The SMILES string of the molecule is COc1cc(F)cc(OC)c1C(C)C(=O)O. The molecule has 88 valence electrons. The van der Waals surface area contributed by atoms with Crippen molar-refractivity contribution in [3.8, 4) is 11.5 Å². The van der Waals surface area contributed by atoms with Crippen molar-refractivity contribution in [1.82, 2.24) is 0 Å². The minimum Gasteiger partial charge on any atom is -0.496 e. The van der Waals surface area contributed by atoms with Gasteiger partial charge in [0.15, 0.2) is 0 Å². The van der Waals surface area contributed by atoms with Crippen molar-refractivity contribution < 1.29 is 23.8 Å². The van der Waals surface area contributed by atoms with Crippen molar-refractivity contribution in [3.63, 3.8) is 0 Å². The third kappa shape index (κ3) is 2.24. The zero-order chi connectivity index (χ0) is 12.3. The van der Waals surface area contributed by atoms with Crippen LogP contribution < -0.4 is 9.47 Å². The molecule has 0 radical (unpaired) electrons. The van der Waals surface area contributed by atoms with Crippen LogP contribution in [0.1, 0.15) is 18.4 Å². The summed E-state index contributed by atoms with van der Waals surface area (Å²) < 4.78 is 23.1. The lowest BCUT2D eigenvalue weighted by atomic mass is 9.99. The van der Waals surface area contributed by atoms with Gasteiger partial charge in [-0.3, -0.25) is 4.79 Å². The minimum absolute atomic E-state index is 0.173. The summed E-state index contributed by atoms with van der Waals surface area (Å²) >= 11 is 0. The molecular formula is C11H13FO4. The number of hydrogen-bond acceptors (Lipinski definition) is 3. The molecule has 0 aliphatic heterocycles. The van der Waals surface area contributed by atoms with Gasteiger partial charge in [0.25, 0.3) is 0 Å². The molecule has 0 amide bonds. The Balaban J connectivity index is 3.38. The van der Waals surface area contributed by atoms with Crippen molar-refractivity contribution in [3.05, 3.63) is 23.5 Å². The number of hydrogen-bond donors (Lipinski definition) is 1. The summed E-state index contributed by atoms with van der Waals surface area (Å²) in [6.45, 7) is 1.49. The minimum atomic E-state index is -1.02. The largest absolute Gasteiger partial charge is 0.496 e. The van der Waals surface area contributed by atoms with E-state index in [9.17, 15) is 9.18 Å². The predicted octanol–water partition coefficient (Wildman–Crippen LogP) is 2.03. The molecule has 1 unspecified atom stereocenters. The fraction of sp³-hybridized carbons (Fsp3) is 0.364. The number of halogens is 1. The Labute approximate surface area is 92.6 Å². The molecule has 1 rings (SSSR count). The van der Waals surface area contributed by atoms with E-state index in [0.29, 0.717) is 5.56 Å². The van der Waals surface area contributed by atoms with E-state index in [1.54, 1.807) is 0 Å². The Hall–Kier alpha value is -1.78. The lowest BCUT2D eigenvalue weighted by molar-refractivity contribution is -0.138. The van der Waals surface area contributed by atoms with Crippen molar-refractivity contribution >= 4 is 5.97 Å². The van der Waals surface area contributed by atoms with E-state index < -0.39 is 17.7 Å². The number of carboxylic acid groups (broad SMARTS) is 1. The highest BCUT2D eigenvalue weighted by atomic mass is 19.1. The zero-order valence-corrected chi connectivity index (χ0v) is 9.28. The van der Waals surface area contributed by atoms with Gasteiger partial charge in [-0.1, -0.05) is 0 Å². The van der Waals surface area contributed by atoms with Gasteiger partial charge in [-0.15, -0.1) is 0 Å². The van der Waals surface area contributed by atoms with Gasteiger partial charge in [-0.2, -0.15) is 0 Å². The maximum atomic E-state index is 13.1. The van der Waals surface area contributed by atoms with Gasteiger partial charge in [-0.25, -0.2) is 4.39 Å². The first-order valence-corrected chi connectivity index (χ1v) is 4.65. The second kappa shape index (κ2) is 4.83. The standard InChI is InChI=1S/C11H13FO4/c1-6(11(13)14)10-8(15-2)4-7(12)5-9(10)16-3/h4-6H,1-3H3,(H,13,14). The van der Waals surface area contributed by atoms with Crippen LogP contribution in [-0.4, -0.2) is 25.3 Å². The van der Waals surface area contributed by atoms with Crippen LogP contribution in [0.2, 0.25) is 0 Å². The average molecular weight is 228 g/mol. The van der Waals surface area contributed by atoms with E-state index in [1.807, 2.05) is 0 Å². The summed E-state index contributed by atoms with van der Waals surface area (Å²) in [4.78, 5) is 10.9. The number of aliphatic carboxylic acids is 1. The summed E-state index contributed by atoms with van der Waals surface area (Å²) in [6, 6.07) is 2.27. The van der Waals surface area contributed by atoms with Crippen molar-refractivity contribution in [2.24, 2.45) is 0 Å². The third-order valence-corrected chi connectivity index (χ3v) is 2.31. The van der Waals surface area contributed by atoms with Crippen LogP contribution in [-0.2, 0) is 4.79 Å². The number of carboxylic acids is 1. The highest BCUT2D eigenvalue weighted by molar-refractivity contribution is 5.78. The molecule has 16 heavy (non-hydrogen) atoms. The second-order valence-electron chi connectivity index (χ2n) is 3.28. The summed E-state index contributed by atoms with van der Waals surface area (Å²) in [5.74, 6) is -2.04. The van der Waals surface area contributed by atoms with E-state index in [4.69, 9.17) is 14.6 Å². The molecule has 0 saturated heterocycles. The molecular weight excluding hydrogens is 215 g/mol. The van der Waals surface area contributed by atoms with Gasteiger partial charge >= 0.3 is 5.97 Å². The second-order valence-corrected chi connectivity index (χ2v) is 3.28. The molecule has 0 spiro atoms. The topological polar surface area (TPSA) is 55.8 Å². The molecule has 0 heterocycles. The van der Waals surface area contributed by atoms with E-state index in [0.717, 1.165) is 12.1 Å². The first-order chi connectivity index (χ1) is 7.51. The molecule has 1 aromatic rings. The number of methoxy groups -OCH3 is 2. The molecule has 0 aliphatic rings. The summed E-state index contributed by atoms with van der Waals surface area (Å²) in [5, 5.41) is 8.94. The van der Waals surface area contributed by atoms with Crippen LogP contribution in [0.5, 0.6) is 11.5 Å². The lowest BCUT2D eigenvalue weighted by Gasteiger charge is -2.16. The summed E-state index contributed by atoms with van der Waals surface area (Å²) in [5.41, 5.74) is 0.332. The number of carbonyl (C=O) groups is 1. The number of ether oxygens (including phenoxy) is 2. The Morgan fingerprint density at radius 2 is 1.75 bits per heavy atom. The maximum Gasteiger partial charge on any atom is 0.310 e. The molecule has 1 atom stereocenters. The molecule has 0 saturated carbocycles. The Morgan fingerprint density at radius 3 is 2.06 bits per heavy atom. The lowest BCUT2D eigenvalue weighted by Crippen LogP contribution is -2.10. The van der Waals surface area contributed by atoms with E-state index >= 15 is 0 Å². The average Bonchev–Trinajstić information content (AvgIpc) is 2.26. The molecule has 0 fully saturated rings. The monoisotopic (exact) mass is 228 g/mol. The molecule has 1 N–H and O–H groups in total. The normalized spacial score (nSPS) is 12.0. The number of benzene rings is 1. The predicted molar refractivity (Wildman–Crippen MR) is 55.6 cm³/mol. The Kier molecular flexibility index (Phi) is 3.71. The highest BCUT2D eigenvalue weighted by Gasteiger charge is 2.23. The van der Waals surface area contributed by atoms with Gasteiger partial charge in [-0.05, 0) is 6.92 Å². The van der Waals surface area contributed by atoms with Gasteiger partial charge < -0.3 is 14.6 Å². The summed E-state index contributed by atoms with van der Waals surface area (Å²) in [6.07, 6.45) is 0. The van der Waals surface area contributed by atoms with Crippen LogP contribution in [0.25, 0.3) is 0 Å². The zero-order valence-electron chi connectivity index (χ0n) is 9.28. The fourth-order valence-corrected chi connectivity index (χ4v) is 1.46. The first-order valence-electron chi connectivity index (χ1n) is 4.65. The maximum absolute atomic E-state index is 13.1. The first kappa shape index (κ1) is 12.3. The fourth-order valence-electron chi connectivity index (χ4n) is 1.46. The molecule has 0 aliphatic carbocycles. The number of rotatable bonds is 4. The van der Waals surface area contributed by atoms with Gasteiger partial charge in [0, 0.05) is 12.1 Å². The highest BCUT2D eigenvalue weighted by Crippen LogP contribution is 2.36. The Morgan fingerprint density at radius 1 is 1.31 bits per heavy atom. The van der Waals surface area contributed by atoms with E-state index in [-0.39, 0.29) is 11.5 Å². The van der Waals surface area contributed by atoms with E-state index in [2.05, 4.69) is 0 Å². The quantitative estimate of drug-likeness (QED) is 0.856. The van der Waals surface area contributed by atoms with Crippen molar-refractivity contribution in [2.45, 2.75) is 12.8 Å². The van der Waals surface area contributed by atoms with Gasteiger partial charge in [0.05, 0.1) is 25.7 Å². The van der Waals surface area contributed by atoms with Crippen LogP contribution in [0.15, 0.2) is 12.1 Å². The third-order valence-electron chi connectivity index (χ3n) is 2.31. The van der Waals surface area contributed by atoms with Crippen LogP contribution in [0, 0.1) is 5.82 Å². The van der Waals surface area contributed by atoms with Gasteiger partial charge in [0.2, 0.25) is 0 Å². The molecule has 5 heteroatoms. The van der Waals surface area contributed by atoms with Crippen LogP contribution in [0.4, 0.5) is 4.39 Å². The van der Waals surface area contributed by atoms with Gasteiger partial charge in [0.1, 0.15) is 17.3 Å². The van der Waals surface area contributed by atoms with Crippen molar-refractivity contribution in [2.75, 3.05) is 14.2 Å². The molecule has 0 bridgehead atoms. The molecule has 0 aromatic heterocycles. The van der Waals surface area contributed by atoms with Crippen LogP contribution in [0.3, 0.4) is 0 Å². The van der Waals surface area contributed by atoms with Crippen molar-refractivity contribution in [1.29, 1.82) is 0 Å². The smallest absolute Gasteiger partial charge is 0.310 e. The molecule has 4 nitrogen and oxygen atoms in total. The molecule has 1 aromatic carbocycles.